The van der Waals surface area contributed by atoms with E-state index in [2.05, 4.69) is 10.2 Å². The van der Waals surface area contributed by atoms with E-state index in [1.165, 1.54) is 13.8 Å². The van der Waals surface area contributed by atoms with Crippen molar-refractivity contribution in [2.45, 2.75) is 31.8 Å². The topological polar surface area (TPSA) is 199 Å². The molecule has 0 saturated heterocycles. The molecule has 1 unspecified atom stereocenters. The molecule has 8 N–H and O–H groups in total. The van der Waals surface area contributed by atoms with Crippen LogP contribution in [0.2, 0.25) is 0 Å². The van der Waals surface area contributed by atoms with Crippen LogP contribution in [-0.4, -0.2) is 44.9 Å². The third kappa shape index (κ3) is 3.49. The Morgan fingerprint density at radius 3 is 1.65 bits per heavy atom. The first-order valence-corrected chi connectivity index (χ1v) is 5.45. The van der Waals surface area contributed by atoms with Gasteiger partial charge in [0.25, 0.3) is 0 Å². The van der Waals surface area contributed by atoms with E-state index in [0.29, 0.717) is 0 Å². The van der Waals surface area contributed by atoms with E-state index in [1.807, 2.05) is 0 Å². The van der Waals surface area contributed by atoms with Gasteiger partial charge in [0.1, 0.15) is 17.2 Å². The summed E-state index contributed by atoms with van der Waals surface area (Å²) in [5, 5.41) is 39.9. The number of hydrogen-bond acceptors (Lipinski definition) is 6. The fraction of sp³-hybridized carbons (Fsp3) is 0.600. The molecule has 0 spiro atoms. The van der Waals surface area contributed by atoms with Crippen molar-refractivity contribution in [3.05, 3.63) is 0 Å². The fourth-order valence-corrected chi connectivity index (χ4v) is 1.14. The number of aliphatic carboxylic acids is 2. The molecule has 0 bridgehead atoms. The van der Waals surface area contributed by atoms with E-state index in [9.17, 15) is 9.59 Å². The highest BCUT2D eigenvalue weighted by Gasteiger charge is 2.48. The molecule has 1 atom stereocenters. The summed E-state index contributed by atoms with van der Waals surface area (Å²) in [6.45, 7) is 3.92. The smallest absolute Gasteiger partial charge is 0.320 e. The Morgan fingerprint density at radius 1 is 1.00 bits per heavy atom. The van der Waals surface area contributed by atoms with Crippen LogP contribution in [0.25, 0.3) is 0 Å². The van der Waals surface area contributed by atoms with Gasteiger partial charge in [-0.3, -0.25) is 20.4 Å². The van der Waals surface area contributed by atoms with E-state index in [4.69, 9.17) is 32.5 Å². The second kappa shape index (κ2) is 5.63. The normalized spacial score (nSPS) is 15.0. The molecule has 0 amide bonds. The maximum Gasteiger partial charge on any atom is 0.320 e. The minimum Gasteiger partial charge on any atom is -0.481 e. The van der Waals surface area contributed by atoms with Crippen LogP contribution >= 0.6 is 0 Å². The van der Waals surface area contributed by atoms with Gasteiger partial charge in [-0.2, -0.15) is 10.2 Å². The first kappa shape index (κ1) is 17.5. The number of azo groups is 1. The van der Waals surface area contributed by atoms with Crippen molar-refractivity contribution < 1.29 is 19.8 Å². The summed E-state index contributed by atoms with van der Waals surface area (Å²) >= 11 is 0. The number of carbonyl (C=O) groups is 2. The third-order valence-electron chi connectivity index (χ3n) is 2.77. The molecule has 20 heavy (non-hydrogen) atoms. The Bertz CT molecular complexity index is 472. The Balaban J connectivity index is 5.82. The van der Waals surface area contributed by atoms with Crippen molar-refractivity contribution in [3.63, 3.8) is 0 Å². The van der Waals surface area contributed by atoms with Gasteiger partial charge in [-0.05, 0) is 20.8 Å². The molecule has 112 valence electrons. The van der Waals surface area contributed by atoms with Crippen molar-refractivity contribution in [2.75, 3.05) is 0 Å². The monoisotopic (exact) mass is 286 g/mol. The summed E-state index contributed by atoms with van der Waals surface area (Å²) in [5.74, 6) is -6.60. The highest BCUT2D eigenvalue weighted by atomic mass is 16.4. The van der Waals surface area contributed by atoms with Crippen LogP contribution in [0.5, 0.6) is 0 Å². The number of carboxylic acid groups (broad SMARTS) is 2. The van der Waals surface area contributed by atoms with E-state index in [0.717, 1.165) is 6.92 Å². The first-order valence-electron chi connectivity index (χ1n) is 5.45. The molecule has 10 nitrogen and oxygen atoms in total. The molecule has 0 aliphatic heterocycles. The van der Waals surface area contributed by atoms with Crippen molar-refractivity contribution in [1.82, 2.24) is 0 Å². The second-order valence-electron chi connectivity index (χ2n) is 4.84. The molecule has 0 aromatic heterocycles. The molecule has 0 aliphatic rings. The van der Waals surface area contributed by atoms with Crippen LogP contribution in [0.15, 0.2) is 10.2 Å². The average Bonchev–Trinajstić information content (AvgIpc) is 2.24. The van der Waals surface area contributed by atoms with Gasteiger partial charge in [-0.1, -0.05) is 0 Å². The molecular weight excluding hydrogens is 268 g/mol. The number of amidine groups is 2. The standard InChI is InChI=1S/C10H18N6O4/c1-9(2,7(11)12)15-16-10(3,8(13)14)4(5(17)18)6(19)20/h4H,1-3H3,(H3,11,12)(H3,13,14)(H,17,18)(H,19,20). The average molecular weight is 286 g/mol. The SMILES string of the molecule is CC(C)(N=NC(C)(C(=N)N)C(C(=O)O)C(=O)O)C(=N)N. The summed E-state index contributed by atoms with van der Waals surface area (Å²) in [5.41, 5.74) is 7.21. The molecule has 0 aromatic rings. The maximum absolute atomic E-state index is 11.0. The number of nitrogens with one attached hydrogen (secondary N) is 2. The lowest BCUT2D eigenvalue weighted by Gasteiger charge is -2.27. The van der Waals surface area contributed by atoms with Crippen LogP contribution in [0.4, 0.5) is 0 Å². The Morgan fingerprint density at radius 2 is 1.40 bits per heavy atom. The molecule has 0 aromatic carbocycles. The molecular formula is C10H18N6O4. The van der Waals surface area contributed by atoms with Crippen molar-refractivity contribution in [1.29, 1.82) is 10.8 Å². The largest absolute Gasteiger partial charge is 0.481 e. The quantitative estimate of drug-likeness (QED) is 0.159. The predicted molar refractivity (Wildman–Crippen MR) is 69.9 cm³/mol. The van der Waals surface area contributed by atoms with Crippen molar-refractivity contribution in [3.8, 4) is 0 Å². The molecule has 0 rings (SSSR count). The Labute approximate surface area is 114 Å². The number of nitrogens with zero attached hydrogens (tertiary/aromatic N) is 2. The minimum atomic E-state index is -2.08. The number of carboxylic acids is 2. The molecule has 0 radical (unpaired) electrons. The molecule has 0 heterocycles. The second-order valence-corrected chi connectivity index (χ2v) is 4.84. The Kier molecular flexibility index (Phi) is 4.92. The lowest BCUT2D eigenvalue weighted by atomic mass is 9.85. The van der Waals surface area contributed by atoms with Crippen LogP contribution in [0, 0.1) is 16.7 Å². The van der Waals surface area contributed by atoms with Gasteiger partial charge in [0, 0.05) is 0 Å². The molecule has 0 saturated carbocycles. The summed E-state index contributed by atoms with van der Waals surface area (Å²) in [7, 11) is 0. The van der Waals surface area contributed by atoms with Gasteiger partial charge in [-0.25, -0.2) is 0 Å². The zero-order valence-corrected chi connectivity index (χ0v) is 11.3. The van der Waals surface area contributed by atoms with Crippen molar-refractivity contribution in [2.24, 2.45) is 27.6 Å². The van der Waals surface area contributed by atoms with Gasteiger partial charge in [0.2, 0.25) is 0 Å². The molecule has 0 aliphatic carbocycles. The summed E-state index contributed by atoms with van der Waals surface area (Å²) in [4.78, 5) is 22.1. The lowest BCUT2D eigenvalue weighted by molar-refractivity contribution is -0.156. The lowest BCUT2D eigenvalue weighted by Crippen LogP contribution is -2.52. The van der Waals surface area contributed by atoms with Crippen LogP contribution in [0.1, 0.15) is 20.8 Å². The van der Waals surface area contributed by atoms with Crippen LogP contribution in [0.3, 0.4) is 0 Å². The predicted octanol–water partition coefficient (Wildman–Crippen LogP) is -0.367. The fourth-order valence-electron chi connectivity index (χ4n) is 1.14. The van der Waals surface area contributed by atoms with Gasteiger partial charge in [0.05, 0.1) is 0 Å². The van der Waals surface area contributed by atoms with E-state index < -0.39 is 34.8 Å². The zero-order chi connectivity index (χ0) is 16.3. The number of rotatable bonds is 7. The maximum atomic E-state index is 11.0. The van der Waals surface area contributed by atoms with E-state index in [1.54, 1.807) is 0 Å². The summed E-state index contributed by atoms with van der Waals surface area (Å²) < 4.78 is 0. The van der Waals surface area contributed by atoms with Gasteiger partial charge >= 0.3 is 11.9 Å². The van der Waals surface area contributed by atoms with Gasteiger partial charge in [0.15, 0.2) is 11.5 Å². The zero-order valence-electron chi connectivity index (χ0n) is 11.3. The van der Waals surface area contributed by atoms with Gasteiger partial charge < -0.3 is 21.7 Å². The first-order chi connectivity index (χ1) is 8.86. The van der Waals surface area contributed by atoms with Gasteiger partial charge in [-0.15, -0.1) is 0 Å². The number of nitrogens with two attached hydrogens (primary N) is 2. The highest BCUT2D eigenvalue weighted by Crippen LogP contribution is 2.25. The summed E-state index contributed by atoms with van der Waals surface area (Å²) in [6.07, 6.45) is 0. The van der Waals surface area contributed by atoms with Crippen LogP contribution in [-0.2, 0) is 9.59 Å². The van der Waals surface area contributed by atoms with Crippen molar-refractivity contribution >= 4 is 23.6 Å². The third-order valence-corrected chi connectivity index (χ3v) is 2.77. The minimum absolute atomic E-state index is 0.352. The molecule has 10 heteroatoms. The summed E-state index contributed by atoms with van der Waals surface area (Å²) in [6, 6.07) is 0. The number of hydrogen-bond donors (Lipinski definition) is 6. The highest BCUT2D eigenvalue weighted by molar-refractivity contribution is 6.03. The van der Waals surface area contributed by atoms with Crippen LogP contribution < -0.4 is 11.5 Å². The van der Waals surface area contributed by atoms with E-state index >= 15 is 0 Å². The Hall–Kier alpha value is -2.52. The van der Waals surface area contributed by atoms with E-state index in [-0.39, 0.29) is 5.84 Å². The molecule has 0 fully saturated rings.